The summed E-state index contributed by atoms with van der Waals surface area (Å²) < 4.78 is 20.3. The molecule has 0 spiro atoms. The summed E-state index contributed by atoms with van der Waals surface area (Å²) in [6.45, 7) is 4.32. The molecular formula is C20H24FNO. The average Bonchev–Trinajstić information content (AvgIpc) is 2.52. The van der Waals surface area contributed by atoms with Gasteiger partial charge in [-0.05, 0) is 60.9 Å². The van der Waals surface area contributed by atoms with Crippen LogP contribution in [-0.2, 0) is 18.4 Å². The fourth-order valence-electron chi connectivity index (χ4n) is 3.34. The Bertz CT molecular complexity index is 707. The Hall–Kier alpha value is -2.03. The first-order chi connectivity index (χ1) is 11.1. The first-order valence-corrected chi connectivity index (χ1v) is 8.44. The molecule has 122 valence electrons. The minimum absolute atomic E-state index is 0.292. The van der Waals surface area contributed by atoms with Gasteiger partial charge in [-0.3, -0.25) is 0 Å². The third-order valence-electron chi connectivity index (χ3n) is 4.87. The second-order valence-electron chi connectivity index (χ2n) is 6.34. The average molecular weight is 313 g/mol. The molecule has 2 nitrogen and oxygen atoms in total. The Morgan fingerprint density at radius 2 is 1.87 bits per heavy atom. The molecule has 2 aromatic carbocycles. The molecule has 0 heterocycles. The number of hydrogen-bond donors (Lipinski definition) is 1. The number of halogens is 1. The second-order valence-corrected chi connectivity index (χ2v) is 6.34. The Morgan fingerprint density at radius 3 is 2.43 bits per heavy atom. The van der Waals surface area contributed by atoms with E-state index in [0.717, 1.165) is 32.1 Å². The number of nitrogen functional groups attached to an aromatic ring is 1. The Labute approximate surface area is 137 Å². The van der Waals surface area contributed by atoms with Crippen LogP contribution in [0.2, 0.25) is 0 Å². The highest BCUT2D eigenvalue weighted by Gasteiger charge is 2.43. The molecule has 3 rings (SSSR count). The predicted molar refractivity (Wildman–Crippen MR) is 92.2 cm³/mol. The van der Waals surface area contributed by atoms with Crippen molar-refractivity contribution < 1.29 is 9.13 Å². The van der Waals surface area contributed by atoms with Crippen LogP contribution in [0.25, 0.3) is 0 Å². The summed E-state index contributed by atoms with van der Waals surface area (Å²) in [5.41, 5.74) is 9.50. The van der Waals surface area contributed by atoms with Crippen molar-refractivity contribution in [3.8, 4) is 5.75 Å². The Balaban J connectivity index is 1.98. The van der Waals surface area contributed by atoms with Gasteiger partial charge in [0.15, 0.2) is 11.6 Å². The van der Waals surface area contributed by atoms with Crippen LogP contribution < -0.4 is 10.5 Å². The largest absolute Gasteiger partial charge is 0.479 e. The fraction of sp³-hybridized carbons (Fsp3) is 0.400. The first-order valence-electron chi connectivity index (χ1n) is 8.44. The monoisotopic (exact) mass is 313 g/mol. The molecule has 2 aromatic rings. The van der Waals surface area contributed by atoms with E-state index in [1.54, 1.807) is 12.1 Å². The minimum Gasteiger partial charge on any atom is -0.479 e. The van der Waals surface area contributed by atoms with Crippen molar-refractivity contribution in [2.24, 2.45) is 0 Å². The van der Waals surface area contributed by atoms with Crippen LogP contribution >= 0.6 is 0 Å². The molecule has 3 heteroatoms. The number of aryl methyl sites for hydroxylation is 2. The quantitative estimate of drug-likeness (QED) is 0.789. The van der Waals surface area contributed by atoms with Crippen molar-refractivity contribution >= 4 is 5.69 Å². The number of benzene rings is 2. The molecule has 0 atom stereocenters. The van der Waals surface area contributed by atoms with Gasteiger partial charge in [0, 0.05) is 11.8 Å². The summed E-state index contributed by atoms with van der Waals surface area (Å²) in [5, 5.41) is 0. The standard InChI is InChI=1S/C20H24FNO/c1-3-14-6-8-17(15(4-2)12-14)20(10-5-11-20)23-19-9-7-16(22)13-18(19)21/h6-9,12-13H,3-5,10-11,22H2,1-2H3. The highest BCUT2D eigenvalue weighted by molar-refractivity contribution is 5.44. The molecule has 0 aromatic heterocycles. The zero-order valence-corrected chi connectivity index (χ0v) is 13.9. The van der Waals surface area contributed by atoms with Gasteiger partial charge in [-0.2, -0.15) is 0 Å². The molecule has 1 aliphatic carbocycles. The normalized spacial score (nSPS) is 16.0. The summed E-state index contributed by atoms with van der Waals surface area (Å²) in [6.07, 6.45) is 4.94. The van der Waals surface area contributed by atoms with Crippen molar-refractivity contribution in [3.05, 3.63) is 58.9 Å². The number of nitrogens with two attached hydrogens (primary N) is 1. The highest BCUT2D eigenvalue weighted by atomic mass is 19.1. The highest BCUT2D eigenvalue weighted by Crippen LogP contribution is 2.47. The van der Waals surface area contributed by atoms with Crippen LogP contribution in [0.4, 0.5) is 10.1 Å². The molecule has 1 fully saturated rings. The summed E-state index contributed by atoms with van der Waals surface area (Å²) in [7, 11) is 0. The van der Waals surface area contributed by atoms with E-state index < -0.39 is 5.60 Å². The summed E-state index contributed by atoms with van der Waals surface area (Å²) >= 11 is 0. The molecule has 0 aliphatic heterocycles. The second kappa shape index (κ2) is 6.23. The SMILES string of the molecule is CCc1ccc(C2(Oc3ccc(N)cc3F)CCC2)c(CC)c1. The minimum atomic E-state index is -0.394. The van der Waals surface area contributed by atoms with Crippen LogP contribution in [0.15, 0.2) is 36.4 Å². The molecule has 0 bridgehead atoms. The smallest absolute Gasteiger partial charge is 0.167 e. The van der Waals surface area contributed by atoms with E-state index in [2.05, 4.69) is 32.0 Å². The van der Waals surface area contributed by atoms with Gasteiger partial charge < -0.3 is 10.5 Å². The lowest BCUT2D eigenvalue weighted by atomic mass is 9.72. The predicted octanol–water partition coefficient (Wildman–Crippen LogP) is 4.99. The maximum atomic E-state index is 14.2. The number of hydrogen-bond acceptors (Lipinski definition) is 2. The van der Waals surface area contributed by atoms with Gasteiger partial charge in [0.1, 0.15) is 5.60 Å². The van der Waals surface area contributed by atoms with E-state index in [1.807, 2.05) is 0 Å². The number of rotatable bonds is 5. The molecule has 2 N–H and O–H groups in total. The van der Waals surface area contributed by atoms with Crippen molar-refractivity contribution in [1.29, 1.82) is 0 Å². The van der Waals surface area contributed by atoms with E-state index in [4.69, 9.17) is 10.5 Å². The van der Waals surface area contributed by atoms with Gasteiger partial charge in [0.2, 0.25) is 0 Å². The van der Waals surface area contributed by atoms with Crippen LogP contribution in [0, 0.1) is 5.82 Å². The maximum absolute atomic E-state index is 14.2. The lowest BCUT2D eigenvalue weighted by Gasteiger charge is -2.43. The van der Waals surface area contributed by atoms with E-state index in [1.165, 1.54) is 22.8 Å². The van der Waals surface area contributed by atoms with Gasteiger partial charge in [0.05, 0.1) is 0 Å². The van der Waals surface area contributed by atoms with Crippen molar-refractivity contribution in [2.75, 3.05) is 5.73 Å². The van der Waals surface area contributed by atoms with Gasteiger partial charge in [-0.1, -0.05) is 32.0 Å². The van der Waals surface area contributed by atoms with Gasteiger partial charge in [-0.15, -0.1) is 0 Å². The molecule has 1 aliphatic rings. The summed E-state index contributed by atoms with van der Waals surface area (Å²) in [6, 6.07) is 11.2. The van der Waals surface area contributed by atoms with Crippen LogP contribution in [-0.4, -0.2) is 0 Å². The fourth-order valence-corrected chi connectivity index (χ4v) is 3.34. The van der Waals surface area contributed by atoms with Crippen LogP contribution in [0.3, 0.4) is 0 Å². The topological polar surface area (TPSA) is 35.2 Å². The Kier molecular flexibility index (Phi) is 4.29. The Morgan fingerprint density at radius 1 is 1.09 bits per heavy atom. The van der Waals surface area contributed by atoms with Crippen molar-refractivity contribution in [1.82, 2.24) is 0 Å². The molecule has 0 amide bonds. The molecule has 1 saturated carbocycles. The summed E-state index contributed by atoms with van der Waals surface area (Å²) in [4.78, 5) is 0. The van der Waals surface area contributed by atoms with Crippen LogP contribution in [0.1, 0.15) is 49.8 Å². The summed E-state index contributed by atoms with van der Waals surface area (Å²) in [5.74, 6) is -0.0972. The zero-order chi connectivity index (χ0) is 16.4. The number of ether oxygens (including phenoxy) is 1. The van der Waals surface area contributed by atoms with Crippen molar-refractivity contribution in [3.63, 3.8) is 0 Å². The van der Waals surface area contributed by atoms with Gasteiger partial charge >= 0.3 is 0 Å². The molecular weight excluding hydrogens is 289 g/mol. The van der Waals surface area contributed by atoms with E-state index in [0.29, 0.717) is 11.4 Å². The third-order valence-corrected chi connectivity index (χ3v) is 4.87. The van der Waals surface area contributed by atoms with E-state index >= 15 is 0 Å². The first kappa shape index (κ1) is 15.9. The molecule has 23 heavy (non-hydrogen) atoms. The van der Waals surface area contributed by atoms with Crippen molar-refractivity contribution in [2.45, 2.75) is 51.6 Å². The molecule has 0 radical (unpaired) electrons. The van der Waals surface area contributed by atoms with Gasteiger partial charge in [0.25, 0.3) is 0 Å². The maximum Gasteiger partial charge on any atom is 0.167 e. The number of anilines is 1. The zero-order valence-electron chi connectivity index (χ0n) is 13.9. The van der Waals surface area contributed by atoms with E-state index in [9.17, 15) is 4.39 Å². The lowest BCUT2D eigenvalue weighted by molar-refractivity contribution is -0.0160. The molecule has 0 saturated heterocycles. The van der Waals surface area contributed by atoms with E-state index in [-0.39, 0.29) is 5.82 Å². The van der Waals surface area contributed by atoms with Gasteiger partial charge in [-0.25, -0.2) is 4.39 Å². The third kappa shape index (κ3) is 2.92. The van der Waals surface area contributed by atoms with Crippen LogP contribution in [0.5, 0.6) is 5.75 Å². The molecule has 0 unspecified atom stereocenters. The lowest BCUT2D eigenvalue weighted by Crippen LogP contribution is -2.41.